The van der Waals surface area contributed by atoms with Gasteiger partial charge in [-0.05, 0) is 66.4 Å². The minimum atomic E-state index is -1.49. The zero-order chi connectivity index (χ0) is 23.1. The van der Waals surface area contributed by atoms with Crippen LogP contribution in [0.3, 0.4) is 0 Å². The lowest BCUT2D eigenvalue weighted by Crippen LogP contribution is -2.10. The van der Waals surface area contributed by atoms with E-state index in [0.717, 1.165) is 12.0 Å². The third kappa shape index (κ3) is 22.4. The van der Waals surface area contributed by atoms with Crippen LogP contribution in [0.25, 0.3) is 0 Å². The fourth-order valence-corrected chi connectivity index (χ4v) is 1.71. The molecular weight excluding hydrogens is 351 g/mol. The van der Waals surface area contributed by atoms with Crippen LogP contribution in [0, 0.1) is 0 Å². The van der Waals surface area contributed by atoms with Gasteiger partial charge in [0.25, 0.3) is 0 Å². The van der Waals surface area contributed by atoms with Gasteiger partial charge < -0.3 is 10.2 Å². The molecule has 1 aromatic rings. The van der Waals surface area contributed by atoms with Gasteiger partial charge in [0.1, 0.15) is 11.4 Å². The predicted octanol–water partition coefficient (Wildman–Crippen LogP) is 8.05. The predicted molar refractivity (Wildman–Crippen MR) is 124 cm³/mol. The minimum absolute atomic E-state index is 0.0926. The highest BCUT2D eigenvalue weighted by atomic mass is 19.1. The van der Waals surface area contributed by atoms with Gasteiger partial charge in [-0.1, -0.05) is 57.0 Å². The van der Waals surface area contributed by atoms with Gasteiger partial charge in [-0.3, -0.25) is 0 Å². The molecule has 0 saturated heterocycles. The van der Waals surface area contributed by atoms with E-state index in [4.69, 9.17) is 5.11 Å². The molecule has 0 radical (unpaired) electrons. The molecule has 0 aliphatic rings. The molecule has 0 atom stereocenters. The molecule has 0 amide bonds. The summed E-state index contributed by atoms with van der Waals surface area (Å²) in [6, 6.07) is 5.24. The Morgan fingerprint density at radius 3 is 1.75 bits per heavy atom. The summed E-state index contributed by atoms with van der Waals surface area (Å²) in [5, 5.41) is 18.4. The first-order chi connectivity index (χ1) is 12.5. The van der Waals surface area contributed by atoms with Gasteiger partial charge in [-0.25, -0.2) is 4.39 Å². The van der Waals surface area contributed by atoms with E-state index in [1.54, 1.807) is 32.9 Å². The van der Waals surface area contributed by atoms with Crippen LogP contribution in [0.1, 0.15) is 99.1 Å². The second kappa shape index (κ2) is 15.3. The Bertz CT molecular complexity index is 537. The largest absolute Gasteiger partial charge is 0.507 e. The van der Waals surface area contributed by atoms with Crippen LogP contribution in [-0.4, -0.2) is 15.8 Å². The van der Waals surface area contributed by atoms with Crippen molar-refractivity contribution in [1.82, 2.24) is 0 Å². The molecule has 164 valence electrons. The second-order valence-corrected chi connectivity index (χ2v) is 8.83. The number of phenols is 1. The van der Waals surface area contributed by atoms with Gasteiger partial charge in [-0.2, -0.15) is 0 Å². The maximum Gasteiger partial charge on any atom is 0.134 e. The van der Waals surface area contributed by atoms with Crippen molar-refractivity contribution in [2.75, 3.05) is 0 Å². The van der Waals surface area contributed by atoms with Crippen molar-refractivity contribution in [3.8, 4) is 5.75 Å². The SMILES string of the molecule is C=C(C)C.C=CCCC.CC(C)(C)O.CC(C)c1cccc(C(C)(C)F)c1O. The number of unbranched alkanes of at least 4 members (excludes halogenated alkanes) is 1. The fourth-order valence-electron chi connectivity index (χ4n) is 1.71. The Balaban J connectivity index is -0.000000368. The van der Waals surface area contributed by atoms with Gasteiger partial charge in [-0.15, -0.1) is 13.2 Å². The number of aliphatic hydroxyl groups is 1. The van der Waals surface area contributed by atoms with Crippen LogP contribution < -0.4 is 0 Å². The van der Waals surface area contributed by atoms with Gasteiger partial charge in [0.15, 0.2) is 0 Å². The molecule has 1 rings (SSSR count). The van der Waals surface area contributed by atoms with Crippen molar-refractivity contribution >= 4 is 0 Å². The summed E-state index contributed by atoms with van der Waals surface area (Å²) in [4.78, 5) is 0. The highest BCUT2D eigenvalue weighted by Gasteiger charge is 2.24. The van der Waals surface area contributed by atoms with E-state index >= 15 is 0 Å². The fraction of sp³-hybridized carbons (Fsp3) is 0.600. The molecule has 0 unspecified atom stereocenters. The molecule has 0 aromatic heterocycles. The van der Waals surface area contributed by atoms with E-state index in [-0.39, 0.29) is 11.7 Å². The monoisotopic (exact) mass is 396 g/mol. The number of allylic oxidation sites excluding steroid dienone is 2. The molecule has 2 N–H and O–H groups in total. The molecule has 0 aliphatic carbocycles. The van der Waals surface area contributed by atoms with Crippen LogP contribution in [0.15, 0.2) is 43.0 Å². The first-order valence-corrected chi connectivity index (χ1v) is 9.95. The lowest BCUT2D eigenvalue weighted by Gasteiger charge is -2.19. The van der Waals surface area contributed by atoms with Gasteiger partial charge in [0, 0.05) is 5.56 Å². The van der Waals surface area contributed by atoms with Crippen molar-refractivity contribution in [2.45, 2.75) is 99.3 Å². The van der Waals surface area contributed by atoms with Crippen molar-refractivity contribution in [2.24, 2.45) is 0 Å². The summed E-state index contributed by atoms with van der Waals surface area (Å²) in [7, 11) is 0. The van der Waals surface area contributed by atoms with Crippen LogP contribution in [-0.2, 0) is 5.67 Å². The first-order valence-electron chi connectivity index (χ1n) is 9.95. The topological polar surface area (TPSA) is 40.5 Å². The average molecular weight is 397 g/mol. The number of phenolic OH excluding ortho intramolecular Hbond substituents is 1. The van der Waals surface area contributed by atoms with Gasteiger partial charge in [0.2, 0.25) is 0 Å². The molecule has 0 fully saturated rings. The molecule has 0 bridgehead atoms. The van der Waals surface area contributed by atoms with E-state index < -0.39 is 11.3 Å². The Morgan fingerprint density at radius 1 is 1.14 bits per heavy atom. The van der Waals surface area contributed by atoms with Gasteiger partial charge in [0.05, 0.1) is 5.60 Å². The zero-order valence-corrected chi connectivity index (χ0v) is 20.0. The summed E-state index contributed by atoms with van der Waals surface area (Å²) in [6.45, 7) is 25.3. The van der Waals surface area contributed by atoms with E-state index in [0.29, 0.717) is 5.56 Å². The molecule has 0 saturated carbocycles. The molecule has 1 aromatic carbocycles. The number of aromatic hydroxyl groups is 1. The van der Waals surface area contributed by atoms with E-state index in [9.17, 15) is 9.50 Å². The highest BCUT2D eigenvalue weighted by molar-refractivity contribution is 5.44. The third-order valence-corrected chi connectivity index (χ3v) is 2.82. The minimum Gasteiger partial charge on any atom is -0.507 e. The van der Waals surface area contributed by atoms with Crippen LogP contribution in [0.2, 0.25) is 0 Å². The summed E-state index contributed by atoms with van der Waals surface area (Å²) in [5.74, 6) is 0.298. The molecule has 0 heterocycles. The Labute approximate surface area is 174 Å². The average Bonchev–Trinajstić information content (AvgIpc) is 2.45. The number of hydrogen-bond donors (Lipinski definition) is 2. The zero-order valence-electron chi connectivity index (χ0n) is 20.0. The number of benzene rings is 1. The van der Waals surface area contributed by atoms with Crippen molar-refractivity contribution in [3.63, 3.8) is 0 Å². The normalized spacial score (nSPS) is 10.5. The van der Waals surface area contributed by atoms with Crippen LogP contribution in [0.5, 0.6) is 5.75 Å². The standard InChI is InChI=1S/C12H17FO.C5H10.C4H10O.C4H8/c1-8(2)9-6-5-7-10(11(9)14)12(3,4)13;1-3-5-4-2;1-4(2,3)5;1-4(2)3/h5-8,14H,1-4H3;3H,1,4-5H2,2H3;5H,1-3H3;1H2,2-3H3. The smallest absolute Gasteiger partial charge is 0.134 e. The number of para-hydroxylation sites is 1. The Hall–Kier alpha value is -1.61. The van der Waals surface area contributed by atoms with E-state index in [1.165, 1.54) is 25.8 Å². The molecule has 2 nitrogen and oxygen atoms in total. The van der Waals surface area contributed by atoms with Crippen molar-refractivity contribution < 1.29 is 14.6 Å². The molecule has 0 aliphatic heterocycles. The van der Waals surface area contributed by atoms with Crippen molar-refractivity contribution in [1.29, 1.82) is 0 Å². The second-order valence-electron chi connectivity index (χ2n) is 8.83. The number of halogens is 1. The Kier molecular flexibility index (Phi) is 17.0. The molecular formula is C25H45FO2. The number of rotatable bonds is 4. The maximum absolute atomic E-state index is 13.7. The first kappa shape index (κ1) is 31.1. The maximum atomic E-state index is 13.7. The summed E-state index contributed by atoms with van der Waals surface area (Å²) in [5.41, 5.74) is 0.339. The van der Waals surface area contributed by atoms with E-state index in [2.05, 4.69) is 20.1 Å². The molecule has 0 spiro atoms. The molecule has 28 heavy (non-hydrogen) atoms. The summed E-state index contributed by atoms with van der Waals surface area (Å²) >= 11 is 0. The quantitative estimate of drug-likeness (QED) is 0.505. The van der Waals surface area contributed by atoms with Crippen LogP contribution >= 0.6 is 0 Å². The summed E-state index contributed by atoms with van der Waals surface area (Å²) < 4.78 is 13.7. The molecule has 3 heteroatoms. The number of hydrogen-bond acceptors (Lipinski definition) is 2. The summed E-state index contributed by atoms with van der Waals surface area (Å²) in [6.07, 6.45) is 4.31. The van der Waals surface area contributed by atoms with Crippen LogP contribution in [0.4, 0.5) is 4.39 Å². The number of alkyl halides is 1. The third-order valence-electron chi connectivity index (χ3n) is 2.82. The lowest BCUT2D eigenvalue weighted by atomic mass is 9.92. The van der Waals surface area contributed by atoms with E-state index in [1.807, 2.05) is 39.8 Å². The van der Waals surface area contributed by atoms with Crippen molar-refractivity contribution in [3.05, 3.63) is 54.1 Å². The van der Waals surface area contributed by atoms with Gasteiger partial charge >= 0.3 is 0 Å². The Morgan fingerprint density at radius 2 is 1.54 bits per heavy atom. The lowest BCUT2D eigenvalue weighted by molar-refractivity contribution is 0.102. The highest BCUT2D eigenvalue weighted by Crippen LogP contribution is 2.36.